The highest BCUT2D eigenvalue weighted by Gasteiger charge is 2.12. The van der Waals surface area contributed by atoms with Crippen molar-refractivity contribution in [2.24, 2.45) is 0 Å². The molecule has 1 aromatic heterocycles. The van der Waals surface area contributed by atoms with Gasteiger partial charge in [0, 0.05) is 16.8 Å². The maximum atomic E-state index is 12.8. The molecular formula is C23H18ClNO4. The van der Waals surface area contributed by atoms with Gasteiger partial charge in [-0.3, -0.25) is 9.59 Å². The van der Waals surface area contributed by atoms with Crippen molar-refractivity contribution in [3.63, 3.8) is 0 Å². The highest BCUT2D eigenvalue weighted by molar-refractivity contribution is 6.30. The molecule has 6 heteroatoms. The van der Waals surface area contributed by atoms with Gasteiger partial charge in [-0.05, 0) is 67.4 Å². The summed E-state index contributed by atoms with van der Waals surface area (Å²) in [5.74, 6) is 0.223. The Labute approximate surface area is 171 Å². The Bertz CT molecular complexity index is 1290. The molecule has 5 nitrogen and oxygen atoms in total. The standard InChI is InChI=1S/C23H18ClNO4/c1-13-3-9-19-22(27)18-10-6-16(11-20(18)29-23(19)14(13)2)25-21(26)12-28-17-7-4-15(24)5-8-17/h3-11H,12H2,1-2H3,(H,25,26). The molecule has 0 aliphatic heterocycles. The van der Waals surface area contributed by atoms with Crippen molar-refractivity contribution in [2.75, 3.05) is 11.9 Å². The third-order valence-corrected chi connectivity index (χ3v) is 5.08. The van der Waals surface area contributed by atoms with Crippen molar-refractivity contribution in [3.8, 4) is 5.75 Å². The van der Waals surface area contributed by atoms with Gasteiger partial charge >= 0.3 is 0 Å². The predicted molar refractivity (Wildman–Crippen MR) is 115 cm³/mol. The summed E-state index contributed by atoms with van der Waals surface area (Å²) in [6, 6.07) is 15.4. The Balaban J connectivity index is 1.58. The third-order valence-electron chi connectivity index (χ3n) is 4.83. The monoisotopic (exact) mass is 407 g/mol. The van der Waals surface area contributed by atoms with E-state index in [-0.39, 0.29) is 17.9 Å². The second-order valence-corrected chi connectivity index (χ2v) is 7.25. The molecule has 1 N–H and O–H groups in total. The van der Waals surface area contributed by atoms with E-state index in [9.17, 15) is 9.59 Å². The molecule has 0 aliphatic carbocycles. The molecule has 4 rings (SSSR count). The number of fused-ring (bicyclic) bond motifs is 2. The minimum Gasteiger partial charge on any atom is -0.484 e. The van der Waals surface area contributed by atoms with Gasteiger partial charge in [0.2, 0.25) is 5.43 Å². The number of amides is 1. The van der Waals surface area contributed by atoms with Crippen LogP contribution in [-0.2, 0) is 4.79 Å². The first-order valence-corrected chi connectivity index (χ1v) is 9.45. The third kappa shape index (κ3) is 3.82. The van der Waals surface area contributed by atoms with Gasteiger partial charge in [0.15, 0.2) is 6.61 Å². The molecule has 0 spiro atoms. The molecule has 0 atom stereocenters. The fourth-order valence-corrected chi connectivity index (χ4v) is 3.23. The van der Waals surface area contributed by atoms with Gasteiger partial charge in [-0.15, -0.1) is 0 Å². The minimum absolute atomic E-state index is 0.0895. The van der Waals surface area contributed by atoms with E-state index in [2.05, 4.69) is 5.32 Å². The molecule has 29 heavy (non-hydrogen) atoms. The van der Waals surface area contributed by atoms with Crippen molar-refractivity contribution >= 4 is 45.1 Å². The first-order chi connectivity index (χ1) is 13.9. The minimum atomic E-state index is -0.325. The van der Waals surface area contributed by atoms with Crippen molar-refractivity contribution in [1.82, 2.24) is 0 Å². The Hall–Kier alpha value is -3.31. The van der Waals surface area contributed by atoms with Crippen LogP contribution in [0, 0.1) is 13.8 Å². The van der Waals surface area contributed by atoms with Crippen LogP contribution < -0.4 is 15.5 Å². The summed E-state index contributed by atoms with van der Waals surface area (Å²) >= 11 is 5.83. The number of rotatable bonds is 4. The predicted octanol–water partition coefficient (Wildman–Crippen LogP) is 5.23. The zero-order valence-corrected chi connectivity index (χ0v) is 16.7. The van der Waals surface area contributed by atoms with Crippen LogP contribution in [0.5, 0.6) is 5.75 Å². The van der Waals surface area contributed by atoms with Crippen LogP contribution in [0.1, 0.15) is 11.1 Å². The van der Waals surface area contributed by atoms with Crippen molar-refractivity contribution in [1.29, 1.82) is 0 Å². The molecule has 0 unspecified atom stereocenters. The number of hydrogen-bond acceptors (Lipinski definition) is 4. The molecule has 1 amide bonds. The molecule has 0 radical (unpaired) electrons. The van der Waals surface area contributed by atoms with Crippen LogP contribution in [0.15, 0.2) is 63.8 Å². The van der Waals surface area contributed by atoms with E-state index in [0.717, 1.165) is 11.1 Å². The Morgan fingerprint density at radius 1 is 1.03 bits per heavy atom. The molecule has 146 valence electrons. The number of anilines is 1. The largest absolute Gasteiger partial charge is 0.484 e. The lowest BCUT2D eigenvalue weighted by molar-refractivity contribution is -0.118. The maximum absolute atomic E-state index is 12.8. The average Bonchev–Trinajstić information content (AvgIpc) is 2.71. The van der Waals surface area contributed by atoms with Crippen LogP contribution in [-0.4, -0.2) is 12.5 Å². The van der Waals surface area contributed by atoms with E-state index >= 15 is 0 Å². The van der Waals surface area contributed by atoms with E-state index in [1.165, 1.54) is 0 Å². The summed E-state index contributed by atoms with van der Waals surface area (Å²) in [5.41, 5.74) is 3.39. The topological polar surface area (TPSA) is 68.5 Å². The van der Waals surface area contributed by atoms with Gasteiger partial charge in [0.05, 0.1) is 10.8 Å². The van der Waals surface area contributed by atoms with Gasteiger partial charge in [-0.25, -0.2) is 0 Å². The number of ether oxygens (including phenoxy) is 1. The molecule has 4 aromatic rings. The van der Waals surface area contributed by atoms with E-state index in [1.807, 2.05) is 19.9 Å². The maximum Gasteiger partial charge on any atom is 0.262 e. The summed E-state index contributed by atoms with van der Waals surface area (Å²) in [6.45, 7) is 3.74. The van der Waals surface area contributed by atoms with Gasteiger partial charge in [0.25, 0.3) is 5.91 Å². The first kappa shape index (κ1) is 19.0. The number of nitrogens with one attached hydrogen (secondary N) is 1. The zero-order valence-electron chi connectivity index (χ0n) is 15.9. The smallest absolute Gasteiger partial charge is 0.262 e. The van der Waals surface area contributed by atoms with Gasteiger partial charge in [-0.2, -0.15) is 0 Å². The fraction of sp³-hybridized carbons (Fsp3) is 0.130. The van der Waals surface area contributed by atoms with Gasteiger partial charge < -0.3 is 14.5 Å². The Kier molecular flexibility index (Phi) is 4.99. The summed E-state index contributed by atoms with van der Waals surface area (Å²) in [5, 5.41) is 4.37. The summed E-state index contributed by atoms with van der Waals surface area (Å²) < 4.78 is 11.5. The number of hydrogen-bond donors (Lipinski definition) is 1. The lowest BCUT2D eigenvalue weighted by Gasteiger charge is -2.09. The van der Waals surface area contributed by atoms with E-state index in [1.54, 1.807) is 48.5 Å². The van der Waals surface area contributed by atoms with Crippen molar-refractivity contribution in [3.05, 3.63) is 81.0 Å². The molecule has 0 saturated heterocycles. The molecule has 3 aromatic carbocycles. The quantitative estimate of drug-likeness (QED) is 0.470. The van der Waals surface area contributed by atoms with E-state index in [4.69, 9.17) is 20.8 Å². The normalized spacial score (nSPS) is 11.0. The van der Waals surface area contributed by atoms with E-state index < -0.39 is 0 Å². The van der Waals surface area contributed by atoms with Crippen LogP contribution >= 0.6 is 11.6 Å². The Morgan fingerprint density at radius 2 is 1.76 bits per heavy atom. The second kappa shape index (κ2) is 7.60. The SMILES string of the molecule is Cc1ccc2c(=O)c3ccc(NC(=O)COc4ccc(Cl)cc4)cc3oc2c1C. The molecule has 0 fully saturated rings. The lowest BCUT2D eigenvalue weighted by Crippen LogP contribution is -2.20. The highest BCUT2D eigenvalue weighted by atomic mass is 35.5. The molecule has 0 saturated carbocycles. The number of halogens is 1. The highest BCUT2D eigenvalue weighted by Crippen LogP contribution is 2.25. The number of aryl methyl sites for hydroxylation is 2. The van der Waals surface area contributed by atoms with Crippen molar-refractivity contribution < 1.29 is 13.9 Å². The molecule has 0 aliphatic rings. The van der Waals surface area contributed by atoms with E-state index in [0.29, 0.717) is 38.4 Å². The lowest BCUT2D eigenvalue weighted by atomic mass is 10.0. The molecular weight excluding hydrogens is 390 g/mol. The van der Waals surface area contributed by atoms with Crippen LogP contribution in [0.3, 0.4) is 0 Å². The van der Waals surface area contributed by atoms with Gasteiger partial charge in [0.1, 0.15) is 16.9 Å². The molecule has 0 bridgehead atoms. The number of carbonyl (C=O) groups is 1. The summed E-state index contributed by atoms with van der Waals surface area (Å²) in [4.78, 5) is 25.0. The first-order valence-electron chi connectivity index (χ1n) is 9.07. The van der Waals surface area contributed by atoms with Crippen molar-refractivity contribution in [2.45, 2.75) is 13.8 Å². The zero-order chi connectivity index (χ0) is 20.5. The van der Waals surface area contributed by atoms with Crippen LogP contribution in [0.25, 0.3) is 21.9 Å². The van der Waals surface area contributed by atoms with Crippen LogP contribution in [0.4, 0.5) is 5.69 Å². The number of benzene rings is 3. The summed E-state index contributed by atoms with van der Waals surface area (Å²) in [7, 11) is 0. The average molecular weight is 408 g/mol. The van der Waals surface area contributed by atoms with Gasteiger partial charge in [-0.1, -0.05) is 17.7 Å². The fourth-order valence-electron chi connectivity index (χ4n) is 3.10. The molecule has 1 heterocycles. The number of carbonyl (C=O) groups excluding carboxylic acids is 1. The summed E-state index contributed by atoms with van der Waals surface area (Å²) in [6.07, 6.45) is 0. The second-order valence-electron chi connectivity index (χ2n) is 6.82. The van der Waals surface area contributed by atoms with Crippen LogP contribution in [0.2, 0.25) is 5.02 Å². The Morgan fingerprint density at radius 3 is 2.52 bits per heavy atom.